The van der Waals surface area contributed by atoms with E-state index in [0.29, 0.717) is 50.8 Å². The number of carbonyl (C=O) groups excluding carboxylic acids is 1. The van der Waals surface area contributed by atoms with Crippen molar-refractivity contribution in [1.82, 2.24) is 4.31 Å². The summed E-state index contributed by atoms with van der Waals surface area (Å²) >= 11 is 0. The van der Waals surface area contributed by atoms with Crippen molar-refractivity contribution in [2.24, 2.45) is 0 Å². The second kappa shape index (κ2) is 10.1. The highest BCUT2D eigenvalue weighted by molar-refractivity contribution is 7.89. The fourth-order valence-electron chi connectivity index (χ4n) is 3.96. The fourth-order valence-corrected chi connectivity index (χ4v) is 5.39. The minimum absolute atomic E-state index is 0.00597. The van der Waals surface area contributed by atoms with Crippen molar-refractivity contribution < 1.29 is 27.6 Å². The summed E-state index contributed by atoms with van der Waals surface area (Å²) in [4.78, 5) is 26.1. The molecular weight excluding hydrogens is 464 g/mol. The molecule has 0 unspecified atom stereocenters. The first-order valence-corrected chi connectivity index (χ1v) is 12.3. The molecule has 2 fully saturated rings. The monoisotopic (exact) mass is 490 g/mol. The molecule has 1 N–H and O–H groups in total. The van der Waals surface area contributed by atoms with Crippen molar-refractivity contribution in [1.29, 1.82) is 0 Å². The zero-order chi connectivity index (χ0) is 24.3. The van der Waals surface area contributed by atoms with Gasteiger partial charge in [-0.1, -0.05) is 6.07 Å². The highest BCUT2D eigenvalue weighted by Crippen LogP contribution is 2.29. The molecule has 0 atom stereocenters. The lowest BCUT2D eigenvalue weighted by atomic mass is 10.1. The number of benzene rings is 2. The van der Waals surface area contributed by atoms with Gasteiger partial charge in [-0.05, 0) is 31.2 Å². The van der Waals surface area contributed by atoms with Gasteiger partial charge in [0.15, 0.2) is 0 Å². The average Bonchev–Trinajstić information content (AvgIpc) is 2.85. The van der Waals surface area contributed by atoms with E-state index in [4.69, 9.17) is 9.47 Å². The molecule has 11 nitrogen and oxygen atoms in total. The Morgan fingerprint density at radius 3 is 2.29 bits per heavy atom. The number of hydrogen-bond acceptors (Lipinski definition) is 8. The molecule has 2 aliphatic rings. The Bertz CT molecular complexity index is 1190. The molecule has 0 spiro atoms. The van der Waals surface area contributed by atoms with Crippen LogP contribution in [0, 0.1) is 17.0 Å². The van der Waals surface area contributed by atoms with E-state index in [9.17, 15) is 23.3 Å². The highest BCUT2D eigenvalue weighted by atomic mass is 32.2. The summed E-state index contributed by atoms with van der Waals surface area (Å²) < 4.78 is 38.4. The van der Waals surface area contributed by atoms with E-state index < -0.39 is 20.9 Å². The number of carbonyl (C=O) groups is 1. The van der Waals surface area contributed by atoms with Crippen molar-refractivity contribution in [3.05, 3.63) is 57.6 Å². The maximum atomic E-state index is 13.3. The third kappa shape index (κ3) is 5.04. The third-order valence-corrected chi connectivity index (χ3v) is 7.73. The van der Waals surface area contributed by atoms with Gasteiger partial charge in [-0.25, -0.2) is 8.42 Å². The number of nitro benzene ring substituents is 1. The number of hydrogen-bond donors (Lipinski definition) is 1. The molecule has 2 heterocycles. The van der Waals surface area contributed by atoms with Crippen molar-refractivity contribution in [2.45, 2.75) is 11.8 Å². The molecule has 2 aromatic rings. The molecule has 0 saturated carbocycles. The van der Waals surface area contributed by atoms with Crippen LogP contribution in [-0.2, 0) is 19.5 Å². The molecule has 2 aliphatic heterocycles. The minimum atomic E-state index is -3.82. The summed E-state index contributed by atoms with van der Waals surface area (Å²) in [6.07, 6.45) is 0. The fraction of sp³-hybridized carbons (Fsp3) is 0.409. The first-order valence-electron chi connectivity index (χ1n) is 10.9. The smallest absolute Gasteiger partial charge is 0.274 e. The van der Waals surface area contributed by atoms with Crippen molar-refractivity contribution in [2.75, 3.05) is 62.8 Å². The normalized spacial score (nSPS) is 17.4. The zero-order valence-electron chi connectivity index (χ0n) is 18.7. The number of amides is 1. The van der Waals surface area contributed by atoms with Crippen LogP contribution in [0.4, 0.5) is 17.1 Å². The molecule has 0 aromatic heterocycles. The van der Waals surface area contributed by atoms with Crippen molar-refractivity contribution in [3.8, 4) is 0 Å². The standard InChI is InChI=1S/C22H26N4O7S/c1-16-2-3-17(14-21(16)26(28)29)23-22(27)19-15-18(34(30,31)25-8-12-33-13-9-25)4-5-20(19)24-6-10-32-11-7-24/h2-5,14-15H,6-13H2,1H3,(H,23,27). The Morgan fingerprint density at radius 2 is 1.65 bits per heavy atom. The first-order chi connectivity index (χ1) is 16.3. The van der Waals surface area contributed by atoms with Gasteiger partial charge in [0.05, 0.1) is 41.8 Å². The third-order valence-electron chi connectivity index (χ3n) is 5.84. The minimum Gasteiger partial charge on any atom is -0.379 e. The molecule has 2 aromatic carbocycles. The maximum absolute atomic E-state index is 13.3. The molecule has 12 heteroatoms. The quantitative estimate of drug-likeness (QED) is 0.481. The van der Waals surface area contributed by atoms with E-state index in [1.54, 1.807) is 25.1 Å². The predicted octanol–water partition coefficient (Wildman–Crippen LogP) is 2.01. The number of rotatable bonds is 6. The van der Waals surface area contributed by atoms with Crippen LogP contribution in [0.3, 0.4) is 0 Å². The van der Waals surface area contributed by atoms with E-state index in [0.717, 1.165) is 0 Å². The number of nitro groups is 1. The molecular formula is C22H26N4O7S. The Balaban J connectivity index is 1.70. The topological polar surface area (TPSA) is 131 Å². The summed E-state index contributed by atoms with van der Waals surface area (Å²) in [5, 5.41) is 14.0. The summed E-state index contributed by atoms with van der Waals surface area (Å²) in [5.41, 5.74) is 1.34. The van der Waals surface area contributed by atoms with E-state index >= 15 is 0 Å². The van der Waals surface area contributed by atoms with Crippen LogP contribution in [-0.4, -0.2) is 76.2 Å². The van der Waals surface area contributed by atoms with Gasteiger partial charge in [-0.15, -0.1) is 0 Å². The number of ether oxygens (including phenoxy) is 2. The van der Waals surface area contributed by atoms with Crippen molar-refractivity contribution in [3.63, 3.8) is 0 Å². The number of aryl methyl sites for hydroxylation is 1. The SMILES string of the molecule is Cc1ccc(NC(=O)c2cc(S(=O)(=O)N3CCOCC3)ccc2N2CCOCC2)cc1[N+](=O)[O-]. The predicted molar refractivity (Wildman–Crippen MR) is 125 cm³/mol. The highest BCUT2D eigenvalue weighted by Gasteiger charge is 2.29. The van der Waals surface area contributed by atoms with E-state index in [-0.39, 0.29) is 34.9 Å². The van der Waals surface area contributed by atoms with Crippen LogP contribution in [0.1, 0.15) is 15.9 Å². The molecule has 34 heavy (non-hydrogen) atoms. The maximum Gasteiger partial charge on any atom is 0.274 e. The van der Waals surface area contributed by atoms with Crippen LogP contribution >= 0.6 is 0 Å². The van der Waals surface area contributed by atoms with Gasteiger partial charge in [0.25, 0.3) is 11.6 Å². The second-order valence-corrected chi connectivity index (χ2v) is 9.95. The molecule has 2 saturated heterocycles. The first kappa shape index (κ1) is 24.1. The van der Waals surface area contributed by atoms with Crippen LogP contribution < -0.4 is 10.2 Å². The Morgan fingerprint density at radius 1 is 1.00 bits per heavy atom. The number of sulfonamides is 1. The van der Waals surface area contributed by atoms with E-state index in [1.807, 2.05) is 4.90 Å². The lowest BCUT2D eigenvalue weighted by molar-refractivity contribution is -0.385. The van der Waals surface area contributed by atoms with Crippen LogP contribution in [0.5, 0.6) is 0 Å². The average molecular weight is 491 g/mol. The van der Waals surface area contributed by atoms with Gasteiger partial charge in [-0.3, -0.25) is 14.9 Å². The van der Waals surface area contributed by atoms with Gasteiger partial charge in [-0.2, -0.15) is 4.31 Å². The number of morpholine rings is 2. The van der Waals surface area contributed by atoms with Crippen molar-refractivity contribution >= 4 is 33.0 Å². The molecule has 0 bridgehead atoms. The second-order valence-electron chi connectivity index (χ2n) is 8.01. The summed E-state index contributed by atoms with van der Waals surface area (Å²) in [5.74, 6) is -0.557. The molecule has 1 amide bonds. The molecule has 0 radical (unpaired) electrons. The Kier molecular flexibility index (Phi) is 7.12. The van der Waals surface area contributed by atoms with Crippen LogP contribution in [0.2, 0.25) is 0 Å². The Labute approximate surface area is 197 Å². The summed E-state index contributed by atoms with van der Waals surface area (Å²) in [6, 6.07) is 8.91. The lowest BCUT2D eigenvalue weighted by Crippen LogP contribution is -2.41. The van der Waals surface area contributed by atoms with E-state index in [2.05, 4.69) is 5.32 Å². The lowest BCUT2D eigenvalue weighted by Gasteiger charge is -2.31. The zero-order valence-corrected chi connectivity index (χ0v) is 19.5. The molecule has 4 rings (SSSR count). The molecule has 182 valence electrons. The molecule has 0 aliphatic carbocycles. The Hall–Kier alpha value is -3.06. The number of nitrogens with zero attached hydrogens (tertiary/aromatic N) is 3. The van der Waals surface area contributed by atoms with Gasteiger partial charge in [0.2, 0.25) is 10.0 Å². The van der Waals surface area contributed by atoms with Gasteiger partial charge < -0.3 is 19.7 Å². The van der Waals surface area contributed by atoms with Gasteiger partial charge in [0, 0.05) is 49.2 Å². The largest absolute Gasteiger partial charge is 0.379 e. The van der Waals surface area contributed by atoms with Crippen LogP contribution in [0.15, 0.2) is 41.3 Å². The van der Waals surface area contributed by atoms with E-state index in [1.165, 1.54) is 22.5 Å². The van der Waals surface area contributed by atoms with Gasteiger partial charge >= 0.3 is 0 Å². The summed E-state index contributed by atoms with van der Waals surface area (Å²) in [6.45, 7) is 4.77. The summed E-state index contributed by atoms with van der Waals surface area (Å²) in [7, 11) is -3.82. The number of anilines is 2. The van der Waals surface area contributed by atoms with Gasteiger partial charge in [0.1, 0.15) is 0 Å². The van der Waals surface area contributed by atoms with Crippen LogP contribution in [0.25, 0.3) is 0 Å². The number of nitrogens with one attached hydrogen (secondary N) is 1.